The zero-order valence-electron chi connectivity index (χ0n) is 13.2. The van der Waals surface area contributed by atoms with Gasteiger partial charge in [0.25, 0.3) is 5.91 Å². The van der Waals surface area contributed by atoms with Gasteiger partial charge >= 0.3 is 0 Å². The van der Waals surface area contributed by atoms with Crippen molar-refractivity contribution in [2.45, 2.75) is 37.4 Å². The summed E-state index contributed by atoms with van der Waals surface area (Å²) in [5.41, 5.74) is 1.48. The summed E-state index contributed by atoms with van der Waals surface area (Å²) >= 11 is 0. The Morgan fingerprint density at radius 1 is 1.39 bits per heavy atom. The molecule has 0 saturated heterocycles. The van der Waals surface area contributed by atoms with Gasteiger partial charge in [0.05, 0.1) is 15.8 Å². The highest BCUT2D eigenvalue weighted by atomic mass is 32.2. The van der Waals surface area contributed by atoms with Crippen molar-refractivity contribution in [2.75, 3.05) is 12.8 Å². The molecule has 1 fully saturated rings. The fourth-order valence-corrected chi connectivity index (χ4v) is 4.61. The molecule has 1 amide bonds. The number of carbonyl (C=O) groups excluding carboxylic acids is 1. The Bertz CT molecular complexity index is 851. The summed E-state index contributed by atoms with van der Waals surface area (Å²) in [6.07, 6.45) is 5.74. The van der Waals surface area contributed by atoms with Crippen molar-refractivity contribution in [1.82, 2.24) is 20.3 Å². The molecule has 7 nitrogen and oxygen atoms in total. The van der Waals surface area contributed by atoms with E-state index in [1.165, 1.54) is 12.5 Å². The number of H-pyrrole nitrogens is 1. The van der Waals surface area contributed by atoms with Crippen LogP contribution in [0.3, 0.4) is 0 Å². The number of rotatable bonds is 4. The molecule has 3 rings (SSSR count). The van der Waals surface area contributed by atoms with E-state index < -0.39 is 14.6 Å². The minimum Gasteiger partial charge on any atom is -0.350 e. The smallest absolute Gasteiger partial charge is 0.253 e. The first-order chi connectivity index (χ1) is 10.8. The number of nitrogens with zero attached hydrogens (tertiary/aromatic N) is 2. The van der Waals surface area contributed by atoms with Crippen LogP contribution >= 0.6 is 0 Å². The molecule has 0 unspecified atom stereocenters. The number of aromatic nitrogens is 3. The van der Waals surface area contributed by atoms with Gasteiger partial charge in [-0.3, -0.25) is 4.79 Å². The van der Waals surface area contributed by atoms with Crippen LogP contribution in [0.5, 0.6) is 0 Å². The molecule has 124 valence electrons. The van der Waals surface area contributed by atoms with Gasteiger partial charge in [0.1, 0.15) is 5.82 Å². The van der Waals surface area contributed by atoms with Crippen LogP contribution in [-0.2, 0) is 9.84 Å². The number of amides is 1. The molecule has 8 heteroatoms. The Balaban J connectivity index is 1.84. The second kappa shape index (κ2) is 5.59. The van der Waals surface area contributed by atoms with Crippen LogP contribution in [-0.4, -0.2) is 46.8 Å². The number of imidazole rings is 1. The van der Waals surface area contributed by atoms with Crippen molar-refractivity contribution in [2.24, 2.45) is 0 Å². The minimum atomic E-state index is -3.23. The minimum absolute atomic E-state index is 0.140. The number of sulfone groups is 1. The third-order valence-corrected chi connectivity index (χ3v) is 6.75. The van der Waals surface area contributed by atoms with E-state index in [2.05, 4.69) is 20.3 Å². The first-order valence-electron chi connectivity index (χ1n) is 7.62. The van der Waals surface area contributed by atoms with E-state index in [0.717, 1.165) is 12.8 Å². The van der Waals surface area contributed by atoms with Crippen LogP contribution < -0.4 is 5.32 Å². The van der Waals surface area contributed by atoms with E-state index in [4.69, 9.17) is 0 Å². The molecule has 1 aliphatic carbocycles. The molecular weight excluding hydrogens is 316 g/mol. The third-order valence-electron chi connectivity index (χ3n) is 4.63. The molecule has 0 radical (unpaired) electrons. The molecule has 1 aliphatic rings. The van der Waals surface area contributed by atoms with Crippen LogP contribution in [0.2, 0.25) is 0 Å². The average molecular weight is 336 g/mol. The molecule has 1 saturated carbocycles. The maximum atomic E-state index is 12.5. The number of hydrogen-bond donors (Lipinski definition) is 2. The maximum absolute atomic E-state index is 12.5. The molecule has 0 bridgehead atoms. The summed E-state index contributed by atoms with van der Waals surface area (Å²) in [5.74, 6) is 0.368. The van der Waals surface area contributed by atoms with Gasteiger partial charge in [-0.2, -0.15) is 0 Å². The number of pyridine rings is 1. The Kier molecular flexibility index (Phi) is 3.87. The molecule has 2 aromatic heterocycles. The zero-order valence-corrected chi connectivity index (χ0v) is 14.0. The maximum Gasteiger partial charge on any atom is 0.253 e. The number of aryl methyl sites for hydroxylation is 1. The lowest BCUT2D eigenvalue weighted by Gasteiger charge is -2.27. The molecule has 0 aliphatic heterocycles. The van der Waals surface area contributed by atoms with Crippen LogP contribution in [0.15, 0.2) is 12.3 Å². The lowest BCUT2D eigenvalue weighted by molar-refractivity contribution is 0.0950. The SMILES string of the molecule is Cc1nc2nccc(C(=O)NCC3(S(C)(=O)=O)CCCC3)c2[nH]1. The third kappa shape index (κ3) is 2.83. The summed E-state index contributed by atoms with van der Waals surface area (Å²) < 4.78 is 23.5. The molecule has 0 aromatic carbocycles. The normalized spacial score (nSPS) is 17.5. The van der Waals surface area contributed by atoms with Gasteiger partial charge < -0.3 is 10.3 Å². The van der Waals surface area contributed by atoms with E-state index in [0.29, 0.717) is 35.4 Å². The highest BCUT2D eigenvalue weighted by Gasteiger charge is 2.43. The lowest BCUT2D eigenvalue weighted by atomic mass is 10.1. The summed E-state index contributed by atoms with van der Waals surface area (Å²) in [5, 5.41) is 2.80. The van der Waals surface area contributed by atoms with Crippen molar-refractivity contribution in [1.29, 1.82) is 0 Å². The van der Waals surface area contributed by atoms with Crippen molar-refractivity contribution in [3.8, 4) is 0 Å². The number of aromatic amines is 1. The fraction of sp³-hybridized carbons (Fsp3) is 0.533. The molecule has 2 heterocycles. The lowest BCUT2D eigenvalue weighted by Crippen LogP contribution is -2.46. The molecular formula is C15H20N4O3S. The number of nitrogens with one attached hydrogen (secondary N) is 2. The topological polar surface area (TPSA) is 105 Å². The predicted molar refractivity (Wildman–Crippen MR) is 87.0 cm³/mol. The van der Waals surface area contributed by atoms with Gasteiger partial charge in [-0.05, 0) is 25.8 Å². The first-order valence-corrected chi connectivity index (χ1v) is 9.51. The first kappa shape index (κ1) is 15.9. The Labute approximate surface area is 134 Å². The molecule has 23 heavy (non-hydrogen) atoms. The second-order valence-electron chi connectivity index (χ2n) is 6.22. The zero-order chi connectivity index (χ0) is 16.7. The van der Waals surface area contributed by atoms with Crippen LogP contribution in [0.4, 0.5) is 0 Å². The standard InChI is InChI=1S/C15H20N4O3S/c1-10-18-12-11(5-8-16-13(12)19-10)14(20)17-9-15(23(2,21)22)6-3-4-7-15/h5,8H,3-4,6-7,9H2,1-2H3,(H,17,20)(H,16,18,19). The van der Waals surface area contributed by atoms with Gasteiger partial charge in [-0.1, -0.05) is 12.8 Å². The van der Waals surface area contributed by atoms with E-state index in [1.807, 2.05) is 0 Å². The van der Waals surface area contributed by atoms with Gasteiger partial charge in [-0.15, -0.1) is 0 Å². The largest absolute Gasteiger partial charge is 0.350 e. The van der Waals surface area contributed by atoms with Gasteiger partial charge in [-0.25, -0.2) is 18.4 Å². The molecule has 2 aromatic rings. The highest BCUT2D eigenvalue weighted by Crippen LogP contribution is 2.36. The van der Waals surface area contributed by atoms with Gasteiger partial charge in [0.2, 0.25) is 0 Å². The van der Waals surface area contributed by atoms with Crippen molar-refractivity contribution in [3.63, 3.8) is 0 Å². The van der Waals surface area contributed by atoms with Crippen molar-refractivity contribution < 1.29 is 13.2 Å². The Morgan fingerprint density at radius 3 is 2.74 bits per heavy atom. The van der Waals surface area contributed by atoms with Crippen LogP contribution in [0.25, 0.3) is 11.2 Å². The van der Waals surface area contributed by atoms with Gasteiger partial charge in [0, 0.05) is 19.0 Å². The average Bonchev–Trinajstić information content (AvgIpc) is 3.09. The van der Waals surface area contributed by atoms with Gasteiger partial charge in [0.15, 0.2) is 15.5 Å². The monoisotopic (exact) mass is 336 g/mol. The summed E-state index contributed by atoms with van der Waals surface area (Å²) in [6.45, 7) is 1.93. The molecule has 0 atom stereocenters. The number of hydrogen-bond acceptors (Lipinski definition) is 5. The van der Waals surface area contributed by atoms with E-state index in [9.17, 15) is 13.2 Å². The van der Waals surface area contributed by atoms with Crippen molar-refractivity contribution >= 4 is 26.9 Å². The quantitative estimate of drug-likeness (QED) is 0.877. The number of carbonyl (C=O) groups is 1. The summed E-state index contributed by atoms with van der Waals surface area (Å²) in [4.78, 5) is 23.9. The van der Waals surface area contributed by atoms with Crippen molar-refractivity contribution in [3.05, 3.63) is 23.7 Å². The summed E-state index contributed by atoms with van der Waals surface area (Å²) in [7, 11) is -3.23. The summed E-state index contributed by atoms with van der Waals surface area (Å²) in [6, 6.07) is 1.61. The molecule has 0 spiro atoms. The van der Waals surface area contributed by atoms with E-state index >= 15 is 0 Å². The van der Waals surface area contributed by atoms with Crippen LogP contribution in [0, 0.1) is 6.92 Å². The Hall–Kier alpha value is -1.96. The van der Waals surface area contributed by atoms with E-state index in [1.54, 1.807) is 13.0 Å². The predicted octanol–water partition coefficient (Wildman–Crippen LogP) is 1.35. The van der Waals surface area contributed by atoms with Crippen LogP contribution in [0.1, 0.15) is 41.9 Å². The number of fused-ring (bicyclic) bond motifs is 1. The highest BCUT2D eigenvalue weighted by molar-refractivity contribution is 7.92. The van der Waals surface area contributed by atoms with E-state index in [-0.39, 0.29) is 12.5 Å². The fourth-order valence-electron chi connectivity index (χ4n) is 3.25. The second-order valence-corrected chi connectivity index (χ2v) is 8.63. The molecule has 2 N–H and O–H groups in total. The Morgan fingerprint density at radius 2 is 2.09 bits per heavy atom.